The normalized spacial score (nSPS) is 28.8. The van der Waals surface area contributed by atoms with Crippen molar-refractivity contribution in [2.75, 3.05) is 13.1 Å². The number of carboxylic acid groups (broad SMARTS) is 1. The maximum absolute atomic E-state index is 12.4. The maximum atomic E-state index is 12.4. The highest BCUT2D eigenvalue weighted by molar-refractivity contribution is 5.89. The van der Waals surface area contributed by atoms with Crippen LogP contribution >= 0.6 is 0 Å². The Hall–Kier alpha value is -1.10. The predicted octanol–water partition coefficient (Wildman–Crippen LogP) is 0.594. The van der Waals surface area contributed by atoms with E-state index in [2.05, 4.69) is 5.32 Å². The molecule has 1 saturated heterocycles. The predicted molar refractivity (Wildman–Crippen MR) is 62.6 cm³/mol. The van der Waals surface area contributed by atoms with Crippen molar-refractivity contribution in [1.29, 1.82) is 0 Å². The van der Waals surface area contributed by atoms with Gasteiger partial charge in [0, 0.05) is 6.04 Å². The molecule has 0 spiro atoms. The van der Waals surface area contributed by atoms with Crippen LogP contribution < -0.4 is 5.32 Å². The number of aliphatic carboxylic acids is 1. The SMILES string of the molecule is CC1(C(=O)N(CC(=O)O)C2CC2)CCCCN1. The van der Waals surface area contributed by atoms with Crippen LogP contribution in [0.4, 0.5) is 0 Å². The zero-order valence-corrected chi connectivity index (χ0v) is 10.2. The second-order valence-corrected chi connectivity index (χ2v) is 5.27. The second kappa shape index (κ2) is 4.64. The van der Waals surface area contributed by atoms with E-state index in [1.54, 1.807) is 4.90 Å². The van der Waals surface area contributed by atoms with Crippen molar-refractivity contribution in [3.8, 4) is 0 Å². The van der Waals surface area contributed by atoms with Gasteiger partial charge in [-0.1, -0.05) is 0 Å². The Morgan fingerprint density at radius 1 is 1.41 bits per heavy atom. The van der Waals surface area contributed by atoms with Crippen LogP contribution in [-0.4, -0.2) is 46.6 Å². The minimum absolute atomic E-state index is 0.0397. The van der Waals surface area contributed by atoms with Crippen molar-refractivity contribution in [2.45, 2.75) is 50.6 Å². The highest BCUT2D eigenvalue weighted by Gasteiger charge is 2.43. The molecule has 0 aromatic carbocycles. The molecular weight excluding hydrogens is 220 g/mol. The van der Waals surface area contributed by atoms with Gasteiger partial charge in [-0.3, -0.25) is 9.59 Å². The molecule has 1 aliphatic heterocycles. The Labute approximate surface area is 101 Å². The lowest BCUT2D eigenvalue weighted by Gasteiger charge is -2.37. The van der Waals surface area contributed by atoms with E-state index in [4.69, 9.17) is 5.11 Å². The van der Waals surface area contributed by atoms with E-state index in [-0.39, 0.29) is 18.5 Å². The van der Waals surface area contributed by atoms with Crippen LogP contribution in [0.5, 0.6) is 0 Å². The van der Waals surface area contributed by atoms with E-state index >= 15 is 0 Å². The van der Waals surface area contributed by atoms with Crippen LogP contribution in [-0.2, 0) is 9.59 Å². The molecule has 0 bridgehead atoms. The monoisotopic (exact) mass is 240 g/mol. The summed E-state index contributed by atoms with van der Waals surface area (Å²) in [5.74, 6) is -0.966. The first kappa shape index (κ1) is 12.4. The Morgan fingerprint density at radius 3 is 2.59 bits per heavy atom. The molecule has 17 heavy (non-hydrogen) atoms. The number of piperidine rings is 1. The first-order valence-electron chi connectivity index (χ1n) is 6.31. The molecule has 1 atom stereocenters. The smallest absolute Gasteiger partial charge is 0.323 e. The lowest BCUT2D eigenvalue weighted by molar-refractivity contribution is -0.148. The van der Waals surface area contributed by atoms with Crippen molar-refractivity contribution < 1.29 is 14.7 Å². The summed E-state index contributed by atoms with van der Waals surface area (Å²) in [5.41, 5.74) is -0.559. The Morgan fingerprint density at radius 2 is 2.12 bits per heavy atom. The first-order chi connectivity index (χ1) is 8.03. The van der Waals surface area contributed by atoms with Crippen molar-refractivity contribution in [3.05, 3.63) is 0 Å². The summed E-state index contributed by atoms with van der Waals surface area (Å²) in [4.78, 5) is 24.8. The quantitative estimate of drug-likeness (QED) is 0.754. The summed E-state index contributed by atoms with van der Waals surface area (Å²) in [6.45, 7) is 2.57. The molecule has 0 aromatic heterocycles. The van der Waals surface area contributed by atoms with Crippen LogP contribution in [0.3, 0.4) is 0 Å². The van der Waals surface area contributed by atoms with Gasteiger partial charge in [0.25, 0.3) is 0 Å². The van der Waals surface area contributed by atoms with Gasteiger partial charge in [-0.15, -0.1) is 0 Å². The third kappa shape index (κ3) is 2.77. The van der Waals surface area contributed by atoms with E-state index < -0.39 is 11.5 Å². The summed E-state index contributed by atoms with van der Waals surface area (Å²) in [6, 6.07) is 0.152. The highest BCUT2D eigenvalue weighted by atomic mass is 16.4. The molecule has 1 amide bonds. The van der Waals surface area contributed by atoms with Gasteiger partial charge >= 0.3 is 5.97 Å². The zero-order valence-electron chi connectivity index (χ0n) is 10.2. The average Bonchev–Trinajstić information content (AvgIpc) is 3.09. The van der Waals surface area contributed by atoms with E-state index in [0.29, 0.717) is 0 Å². The van der Waals surface area contributed by atoms with Crippen LogP contribution in [0.25, 0.3) is 0 Å². The van der Waals surface area contributed by atoms with Crippen molar-refractivity contribution >= 4 is 11.9 Å². The van der Waals surface area contributed by atoms with Gasteiger partial charge in [0.15, 0.2) is 0 Å². The van der Waals surface area contributed by atoms with E-state index in [0.717, 1.165) is 38.6 Å². The van der Waals surface area contributed by atoms with Crippen LogP contribution in [0, 0.1) is 0 Å². The molecule has 2 N–H and O–H groups in total. The van der Waals surface area contributed by atoms with E-state index in [9.17, 15) is 9.59 Å². The topological polar surface area (TPSA) is 69.6 Å². The molecule has 2 fully saturated rings. The molecule has 0 aromatic rings. The summed E-state index contributed by atoms with van der Waals surface area (Å²) in [5, 5.41) is 12.1. The Bertz CT molecular complexity index is 320. The molecule has 1 saturated carbocycles. The van der Waals surface area contributed by atoms with Gasteiger partial charge < -0.3 is 15.3 Å². The standard InChI is InChI=1S/C12H20N2O3/c1-12(6-2-3-7-13-12)11(17)14(8-10(15)16)9-4-5-9/h9,13H,2-8H2,1H3,(H,15,16). The van der Waals surface area contributed by atoms with Crippen LogP contribution in [0.2, 0.25) is 0 Å². The molecule has 1 unspecified atom stereocenters. The second-order valence-electron chi connectivity index (χ2n) is 5.27. The molecule has 1 heterocycles. The van der Waals surface area contributed by atoms with Gasteiger partial charge in [0.1, 0.15) is 6.54 Å². The van der Waals surface area contributed by atoms with Gasteiger partial charge in [-0.05, 0) is 45.6 Å². The molecule has 96 valence electrons. The minimum Gasteiger partial charge on any atom is -0.480 e. The number of rotatable bonds is 4. The number of amides is 1. The number of nitrogens with one attached hydrogen (secondary N) is 1. The molecule has 2 aliphatic rings. The van der Waals surface area contributed by atoms with Crippen molar-refractivity contribution in [3.63, 3.8) is 0 Å². The summed E-state index contributed by atoms with van der Waals surface area (Å²) in [6.07, 6.45) is 4.80. The number of hydrogen-bond donors (Lipinski definition) is 2. The van der Waals surface area contributed by atoms with Crippen LogP contribution in [0.1, 0.15) is 39.0 Å². The van der Waals surface area contributed by atoms with Gasteiger partial charge in [-0.25, -0.2) is 0 Å². The third-order valence-corrected chi connectivity index (χ3v) is 3.64. The summed E-state index contributed by atoms with van der Waals surface area (Å²) >= 11 is 0. The number of hydrogen-bond acceptors (Lipinski definition) is 3. The van der Waals surface area contributed by atoms with Gasteiger partial charge in [-0.2, -0.15) is 0 Å². The number of carbonyl (C=O) groups excluding carboxylic acids is 1. The fraction of sp³-hybridized carbons (Fsp3) is 0.833. The maximum Gasteiger partial charge on any atom is 0.323 e. The minimum atomic E-state index is -0.926. The van der Waals surface area contributed by atoms with Crippen molar-refractivity contribution in [1.82, 2.24) is 10.2 Å². The lowest BCUT2D eigenvalue weighted by Crippen LogP contribution is -2.59. The average molecular weight is 240 g/mol. The molecule has 5 heteroatoms. The first-order valence-corrected chi connectivity index (χ1v) is 6.31. The number of carboxylic acids is 1. The summed E-state index contributed by atoms with van der Waals surface area (Å²) < 4.78 is 0. The molecular formula is C12H20N2O3. The molecule has 5 nitrogen and oxygen atoms in total. The van der Waals surface area contributed by atoms with Gasteiger partial charge in [0.2, 0.25) is 5.91 Å². The lowest BCUT2D eigenvalue weighted by atomic mass is 9.89. The van der Waals surface area contributed by atoms with Crippen LogP contribution in [0.15, 0.2) is 0 Å². The molecule has 1 aliphatic carbocycles. The Kier molecular flexibility index (Phi) is 3.38. The fourth-order valence-electron chi connectivity index (χ4n) is 2.45. The highest BCUT2D eigenvalue weighted by Crippen LogP contribution is 2.30. The molecule has 2 rings (SSSR count). The molecule has 0 radical (unpaired) electrons. The Balaban J connectivity index is 2.06. The van der Waals surface area contributed by atoms with Gasteiger partial charge in [0.05, 0.1) is 5.54 Å². The van der Waals surface area contributed by atoms with E-state index in [1.807, 2.05) is 6.92 Å². The zero-order chi connectivity index (χ0) is 12.5. The largest absolute Gasteiger partial charge is 0.480 e. The third-order valence-electron chi connectivity index (χ3n) is 3.64. The number of carbonyl (C=O) groups is 2. The van der Waals surface area contributed by atoms with E-state index in [1.165, 1.54) is 0 Å². The number of nitrogens with zero attached hydrogens (tertiary/aromatic N) is 1. The fourth-order valence-corrected chi connectivity index (χ4v) is 2.45. The summed E-state index contributed by atoms with van der Waals surface area (Å²) in [7, 11) is 0. The van der Waals surface area contributed by atoms with Crippen molar-refractivity contribution in [2.24, 2.45) is 0 Å².